The summed E-state index contributed by atoms with van der Waals surface area (Å²) in [5.41, 5.74) is 0. The van der Waals surface area contributed by atoms with E-state index in [9.17, 15) is 0 Å². The molecule has 0 fully saturated rings. The van der Waals surface area contributed by atoms with Crippen LogP contribution in [0.1, 0.15) is 5.76 Å². The molecule has 0 aliphatic heterocycles. The molecule has 42 valence electrons. The van der Waals surface area contributed by atoms with Crippen LogP contribution >= 0.6 is 12.2 Å². The topological polar surface area (TPSA) is 26.0 Å². The van der Waals surface area contributed by atoms with E-state index in [4.69, 9.17) is 4.52 Å². The van der Waals surface area contributed by atoms with Gasteiger partial charge < -0.3 is 4.52 Å². The maximum atomic E-state index is 4.73. The van der Waals surface area contributed by atoms with Gasteiger partial charge in [-0.25, -0.2) is 0 Å². The van der Waals surface area contributed by atoms with Gasteiger partial charge in [-0.3, -0.25) is 0 Å². The van der Waals surface area contributed by atoms with Gasteiger partial charge in [0.2, 0.25) is 0 Å². The quantitative estimate of drug-likeness (QED) is 0.558. The minimum Gasteiger partial charge on any atom is -0.361 e. The first-order chi connectivity index (χ1) is 3.93. The van der Waals surface area contributed by atoms with Crippen molar-refractivity contribution in [2.24, 2.45) is 0 Å². The average Bonchev–Trinajstić information content (AvgIpc) is 2.19. The smallest absolute Gasteiger partial charge is 0.141 e. The van der Waals surface area contributed by atoms with Crippen LogP contribution in [-0.2, 0) is 6.42 Å². The van der Waals surface area contributed by atoms with Gasteiger partial charge in [0.1, 0.15) is 5.76 Å². The van der Waals surface area contributed by atoms with Crippen LogP contribution in [0.15, 0.2) is 16.8 Å². The normalized spacial score (nSPS) is 9.00. The van der Waals surface area contributed by atoms with E-state index in [1.807, 2.05) is 0 Å². The summed E-state index contributed by atoms with van der Waals surface area (Å²) in [6.07, 6.45) is 2.30. The first-order valence-electron chi connectivity index (χ1n) is 2.26. The van der Waals surface area contributed by atoms with Crippen LogP contribution in [0.3, 0.4) is 0 Å². The molecule has 2 nitrogen and oxygen atoms in total. The average molecular weight is 127 g/mol. The molecule has 0 saturated heterocycles. The molecule has 0 aliphatic rings. The van der Waals surface area contributed by atoms with Crippen LogP contribution in [0.4, 0.5) is 0 Å². The second-order valence-corrected chi connectivity index (χ2v) is 1.68. The SMILES string of the molecule is S=CCc1ccno1. The Bertz CT molecular complexity index is 159. The molecule has 8 heavy (non-hydrogen) atoms. The summed E-state index contributed by atoms with van der Waals surface area (Å²) in [5.74, 6) is 0.819. The zero-order valence-electron chi connectivity index (χ0n) is 4.20. The number of hydrogen-bond acceptors (Lipinski definition) is 3. The third-order valence-electron chi connectivity index (χ3n) is 0.776. The molecule has 0 spiro atoms. The minimum absolute atomic E-state index is 0.690. The second kappa shape index (κ2) is 2.57. The van der Waals surface area contributed by atoms with Crippen molar-refractivity contribution in [2.45, 2.75) is 6.42 Å². The van der Waals surface area contributed by atoms with Gasteiger partial charge >= 0.3 is 0 Å². The molecule has 3 heteroatoms. The number of rotatable bonds is 2. The lowest BCUT2D eigenvalue weighted by Gasteiger charge is -1.78. The van der Waals surface area contributed by atoms with E-state index in [-0.39, 0.29) is 0 Å². The Morgan fingerprint density at radius 3 is 3.25 bits per heavy atom. The molecular formula is C5H5NOS. The molecular weight excluding hydrogens is 122 g/mol. The van der Waals surface area contributed by atoms with E-state index in [2.05, 4.69) is 17.4 Å². The largest absolute Gasteiger partial charge is 0.361 e. The summed E-state index contributed by atoms with van der Waals surface area (Å²) < 4.78 is 4.73. The lowest BCUT2D eigenvalue weighted by molar-refractivity contribution is 0.393. The molecule has 0 saturated carbocycles. The number of nitrogens with zero attached hydrogens (tertiary/aromatic N) is 1. The van der Waals surface area contributed by atoms with Crippen molar-refractivity contribution in [3.63, 3.8) is 0 Å². The number of aromatic nitrogens is 1. The van der Waals surface area contributed by atoms with Crippen molar-refractivity contribution in [3.8, 4) is 0 Å². The van der Waals surface area contributed by atoms with Crippen LogP contribution in [-0.4, -0.2) is 10.5 Å². The second-order valence-electron chi connectivity index (χ2n) is 1.35. The summed E-state index contributed by atoms with van der Waals surface area (Å²) in [5, 5.41) is 5.11. The van der Waals surface area contributed by atoms with Gasteiger partial charge in [0.25, 0.3) is 0 Å². The third-order valence-corrected chi connectivity index (χ3v) is 0.942. The summed E-state index contributed by atoms with van der Waals surface area (Å²) in [6.45, 7) is 0. The molecule has 0 atom stereocenters. The minimum atomic E-state index is 0.690. The summed E-state index contributed by atoms with van der Waals surface area (Å²) in [4.78, 5) is 0. The van der Waals surface area contributed by atoms with Crippen LogP contribution in [0, 0.1) is 0 Å². The summed E-state index contributed by atoms with van der Waals surface area (Å²) >= 11 is 4.59. The van der Waals surface area contributed by atoms with E-state index in [1.54, 1.807) is 17.6 Å². The highest BCUT2D eigenvalue weighted by atomic mass is 32.1. The molecule has 1 heterocycles. The Hall–Kier alpha value is -0.700. The molecule has 0 aliphatic carbocycles. The van der Waals surface area contributed by atoms with Crippen molar-refractivity contribution in [2.75, 3.05) is 0 Å². The van der Waals surface area contributed by atoms with E-state index in [1.165, 1.54) is 0 Å². The Morgan fingerprint density at radius 2 is 2.75 bits per heavy atom. The van der Waals surface area contributed by atoms with Gasteiger partial charge in [-0.15, -0.1) is 0 Å². The number of thiocarbonyl (C=S) groups is 1. The standard InChI is InChI=1S/C5H5NOS/c8-4-2-5-1-3-6-7-5/h1,3-4H,2H2. The van der Waals surface area contributed by atoms with E-state index < -0.39 is 0 Å². The summed E-state index contributed by atoms with van der Waals surface area (Å²) in [7, 11) is 0. The van der Waals surface area contributed by atoms with E-state index >= 15 is 0 Å². The van der Waals surface area contributed by atoms with Gasteiger partial charge in [0.15, 0.2) is 0 Å². The zero-order valence-corrected chi connectivity index (χ0v) is 5.02. The van der Waals surface area contributed by atoms with Crippen molar-refractivity contribution in [3.05, 3.63) is 18.0 Å². The van der Waals surface area contributed by atoms with Crippen molar-refractivity contribution in [1.29, 1.82) is 0 Å². The van der Waals surface area contributed by atoms with Gasteiger partial charge in [0.05, 0.1) is 6.20 Å². The van der Waals surface area contributed by atoms with Gasteiger partial charge in [-0.1, -0.05) is 17.4 Å². The van der Waals surface area contributed by atoms with Crippen LogP contribution in [0.5, 0.6) is 0 Å². The Kier molecular flexibility index (Phi) is 1.75. The maximum absolute atomic E-state index is 4.73. The molecule has 0 radical (unpaired) electrons. The maximum Gasteiger partial charge on any atom is 0.141 e. The lowest BCUT2D eigenvalue weighted by Crippen LogP contribution is -1.76. The highest BCUT2D eigenvalue weighted by molar-refractivity contribution is 7.78. The molecule has 0 bridgehead atoms. The fourth-order valence-electron chi connectivity index (χ4n) is 0.430. The van der Waals surface area contributed by atoms with Crippen LogP contribution in [0.25, 0.3) is 0 Å². The highest BCUT2D eigenvalue weighted by Gasteiger charge is 1.89. The summed E-state index contributed by atoms with van der Waals surface area (Å²) in [6, 6.07) is 1.79. The zero-order chi connectivity index (χ0) is 5.82. The highest BCUT2D eigenvalue weighted by Crippen LogP contribution is 1.94. The van der Waals surface area contributed by atoms with E-state index in [0.29, 0.717) is 6.42 Å². The van der Waals surface area contributed by atoms with Crippen LogP contribution in [0.2, 0.25) is 0 Å². The van der Waals surface area contributed by atoms with Gasteiger partial charge in [0, 0.05) is 12.5 Å². The lowest BCUT2D eigenvalue weighted by atomic mass is 10.4. The fourth-order valence-corrected chi connectivity index (χ4v) is 0.594. The van der Waals surface area contributed by atoms with Crippen molar-refractivity contribution >= 4 is 17.6 Å². The number of hydrogen-bond donors (Lipinski definition) is 0. The Balaban J connectivity index is 2.62. The first kappa shape index (κ1) is 5.44. The molecule has 0 N–H and O–H groups in total. The molecule has 0 amide bonds. The Labute approximate surface area is 52.5 Å². The van der Waals surface area contributed by atoms with Gasteiger partial charge in [-0.05, 0) is 5.37 Å². The first-order valence-corrected chi connectivity index (χ1v) is 2.74. The molecule has 0 aromatic carbocycles. The Morgan fingerprint density at radius 1 is 1.88 bits per heavy atom. The monoisotopic (exact) mass is 127 g/mol. The van der Waals surface area contributed by atoms with Crippen molar-refractivity contribution in [1.82, 2.24) is 5.16 Å². The fraction of sp³-hybridized carbons (Fsp3) is 0.200. The predicted molar refractivity (Wildman–Crippen MR) is 33.9 cm³/mol. The molecule has 0 unspecified atom stereocenters. The molecule has 1 aromatic heterocycles. The predicted octanol–water partition coefficient (Wildman–Crippen LogP) is 1.22. The van der Waals surface area contributed by atoms with Crippen molar-refractivity contribution < 1.29 is 4.52 Å². The van der Waals surface area contributed by atoms with Gasteiger partial charge in [-0.2, -0.15) is 0 Å². The van der Waals surface area contributed by atoms with E-state index in [0.717, 1.165) is 5.76 Å². The molecule has 1 aromatic rings. The molecule has 1 rings (SSSR count). The third kappa shape index (κ3) is 1.13. The van der Waals surface area contributed by atoms with Crippen LogP contribution < -0.4 is 0 Å².